The Balaban J connectivity index is 1.56. The zero-order valence-corrected chi connectivity index (χ0v) is 16.8. The van der Waals surface area contributed by atoms with Crippen LogP contribution >= 0.6 is 0 Å². The zero-order chi connectivity index (χ0) is 20.9. The van der Waals surface area contributed by atoms with E-state index < -0.39 is 0 Å². The molecule has 3 aromatic rings. The van der Waals surface area contributed by atoms with Crippen LogP contribution in [-0.4, -0.2) is 38.2 Å². The van der Waals surface area contributed by atoms with E-state index in [1.54, 1.807) is 37.6 Å². The molecule has 1 aliphatic heterocycles. The van der Waals surface area contributed by atoms with Gasteiger partial charge in [-0.15, -0.1) is 0 Å². The molecule has 7 heteroatoms. The van der Waals surface area contributed by atoms with Crippen molar-refractivity contribution in [1.82, 2.24) is 19.9 Å². The van der Waals surface area contributed by atoms with Crippen LogP contribution in [0.25, 0.3) is 0 Å². The third-order valence-electron chi connectivity index (χ3n) is 5.24. The average molecular weight is 401 g/mol. The lowest BCUT2D eigenvalue weighted by molar-refractivity contribution is 0.0598. The zero-order valence-electron chi connectivity index (χ0n) is 16.8. The van der Waals surface area contributed by atoms with Gasteiger partial charge in [0, 0.05) is 30.8 Å². The first kappa shape index (κ1) is 19.7. The topological polar surface area (TPSA) is 88.1 Å². The van der Waals surface area contributed by atoms with Crippen LogP contribution in [-0.2, 0) is 0 Å². The molecule has 1 atom stereocenters. The Kier molecular flexibility index (Phi) is 5.79. The molecule has 0 aliphatic carbocycles. The summed E-state index contributed by atoms with van der Waals surface area (Å²) in [6.07, 6.45) is 7.52. The molecule has 30 heavy (non-hydrogen) atoms. The van der Waals surface area contributed by atoms with Crippen molar-refractivity contribution in [2.45, 2.75) is 32.2 Å². The molecule has 152 valence electrons. The number of hydrogen-bond acceptors (Lipinski definition) is 5. The second kappa shape index (κ2) is 8.82. The van der Waals surface area contributed by atoms with Crippen LogP contribution in [0.15, 0.2) is 61.1 Å². The maximum absolute atomic E-state index is 13.0. The monoisotopic (exact) mass is 401 g/mol. The van der Waals surface area contributed by atoms with Gasteiger partial charge in [-0.3, -0.25) is 14.6 Å². The SMILES string of the molecule is Cc1nc([C@@H]2CCCCN2C(=O)c2cccnc2)ncc1C(=O)Nc1ccccc1. The fraction of sp³-hybridized carbons (Fsp3) is 0.261. The highest BCUT2D eigenvalue weighted by Crippen LogP contribution is 2.30. The van der Waals surface area contributed by atoms with E-state index in [-0.39, 0.29) is 17.9 Å². The fourth-order valence-electron chi connectivity index (χ4n) is 3.69. The van der Waals surface area contributed by atoms with Crippen molar-refractivity contribution >= 4 is 17.5 Å². The number of nitrogens with zero attached hydrogens (tertiary/aromatic N) is 4. The minimum Gasteiger partial charge on any atom is -0.328 e. The van der Waals surface area contributed by atoms with Gasteiger partial charge < -0.3 is 10.2 Å². The second-order valence-corrected chi connectivity index (χ2v) is 7.30. The molecule has 1 N–H and O–H groups in total. The first-order chi connectivity index (χ1) is 14.6. The van der Waals surface area contributed by atoms with E-state index in [0.29, 0.717) is 34.9 Å². The third-order valence-corrected chi connectivity index (χ3v) is 5.24. The molecule has 0 unspecified atom stereocenters. The lowest BCUT2D eigenvalue weighted by atomic mass is 10.00. The quantitative estimate of drug-likeness (QED) is 0.718. The number of benzene rings is 1. The number of aromatic nitrogens is 3. The highest BCUT2D eigenvalue weighted by molar-refractivity contribution is 6.04. The summed E-state index contributed by atoms with van der Waals surface area (Å²) < 4.78 is 0. The van der Waals surface area contributed by atoms with Crippen molar-refractivity contribution in [2.24, 2.45) is 0 Å². The van der Waals surface area contributed by atoms with Crippen molar-refractivity contribution in [3.8, 4) is 0 Å². The molecule has 0 bridgehead atoms. The van der Waals surface area contributed by atoms with Crippen molar-refractivity contribution in [3.63, 3.8) is 0 Å². The van der Waals surface area contributed by atoms with Crippen molar-refractivity contribution in [2.75, 3.05) is 11.9 Å². The molecule has 7 nitrogen and oxygen atoms in total. The van der Waals surface area contributed by atoms with Crippen molar-refractivity contribution in [3.05, 3.63) is 83.7 Å². The largest absolute Gasteiger partial charge is 0.328 e. The molecule has 1 saturated heterocycles. The number of carbonyl (C=O) groups is 2. The molecule has 0 saturated carbocycles. The number of aryl methyl sites for hydroxylation is 1. The van der Waals surface area contributed by atoms with Gasteiger partial charge in [-0.1, -0.05) is 18.2 Å². The van der Waals surface area contributed by atoms with E-state index >= 15 is 0 Å². The maximum atomic E-state index is 13.0. The van der Waals surface area contributed by atoms with Crippen LogP contribution in [0, 0.1) is 6.92 Å². The Morgan fingerprint density at radius 3 is 2.63 bits per heavy atom. The first-order valence-corrected chi connectivity index (χ1v) is 10.0. The molecule has 0 spiro atoms. The maximum Gasteiger partial charge on any atom is 0.259 e. The molecular formula is C23H23N5O2. The molecule has 1 aromatic carbocycles. The Hall–Kier alpha value is -3.61. The Labute approximate surface area is 175 Å². The highest BCUT2D eigenvalue weighted by atomic mass is 16.2. The number of hydrogen-bond donors (Lipinski definition) is 1. The highest BCUT2D eigenvalue weighted by Gasteiger charge is 2.31. The van der Waals surface area contributed by atoms with Crippen LogP contribution in [0.5, 0.6) is 0 Å². The van der Waals surface area contributed by atoms with Crippen LogP contribution in [0.2, 0.25) is 0 Å². The predicted molar refractivity (Wildman–Crippen MR) is 113 cm³/mol. The minimum atomic E-state index is -0.253. The van der Waals surface area contributed by atoms with Gasteiger partial charge in [0.1, 0.15) is 0 Å². The lowest BCUT2D eigenvalue weighted by Crippen LogP contribution is -2.39. The molecular weight excluding hydrogens is 378 g/mol. The van der Waals surface area contributed by atoms with Gasteiger partial charge >= 0.3 is 0 Å². The number of anilines is 1. The first-order valence-electron chi connectivity index (χ1n) is 10.0. The molecule has 0 radical (unpaired) electrons. The molecule has 4 rings (SSSR count). The normalized spacial score (nSPS) is 16.2. The summed E-state index contributed by atoms with van der Waals surface area (Å²) in [5.41, 5.74) is 2.28. The summed E-state index contributed by atoms with van der Waals surface area (Å²) in [6, 6.07) is 12.6. The van der Waals surface area contributed by atoms with Gasteiger partial charge in [-0.2, -0.15) is 0 Å². The van der Waals surface area contributed by atoms with Gasteiger partial charge in [0.25, 0.3) is 11.8 Å². The van der Waals surface area contributed by atoms with Gasteiger partial charge in [-0.05, 0) is 50.5 Å². The van der Waals surface area contributed by atoms with E-state index in [2.05, 4.69) is 20.3 Å². The number of amides is 2. The van der Waals surface area contributed by atoms with Gasteiger partial charge in [0.15, 0.2) is 5.82 Å². The summed E-state index contributed by atoms with van der Waals surface area (Å²) in [4.78, 5) is 40.6. The predicted octanol–water partition coefficient (Wildman–Crippen LogP) is 3.80. The van der Waals surface area contributed by atoms with Crippen LogP contribution in [0.1, 0.15) is 57.5 Å². The number of para-hydroxylation sites is 1. The van der Waals surface area contributed by atoms with E-state index in [0.717, 1.165) is 19.3 Å². The van der Waals surface area contributed by atoms with Gasteiger partial charge in [0.05, 0.1) is 22.9 Å². The summed E-state index contributed by atoms with van der Waals surface area (Å²) in [6.45, 7) is 2.44. The van der Waals surface area contributed by atoms with Gasteiger partial charge in [0.2, 0.25) is 0 Å². The van der Waals surface area contributed by atoms with Crippen LogP contribution in [0.4, 0.5) is 5.69 Å². The van der Waals surface area contributed by atoms with E-state index in [1.165, 1.54) is 0 Å². The standard InChI is InChI=1S/C23H23N5O2/c1-16-19(22(29)27-18-9-3-2-4-10-18)15-25-21(26-16)20-11-5-6-13-28(20)23(30)17-8-7-12-24-14-17/h2-4,7-10,12,14-15,20H,5-6,11,13H2,1H3,(H,27,29)/t20-/m0/s1. The van der Waals surface area contributed by atoms with Gasteiger partial charge in [-0.25, -0.2) is 9.97 Å². The van der Waals surface area contributed by atoms with Crippen molar-refractivity contribution < 1.29 is 9.59 Å². The number of likely N-dealkylation sites (tertiary alicyclic amines) is 1. The number of nitrogens with one attached hydrogen (secondary N) is 1. The molecule has 1 fully saturated rings. The number of carbonyl (C=O) groups excluding carboxylic acids is 2. The summed E-state index contributed by atoms with van der Waals surface area (Å²) in [5, 5.41) is 2.86. The molecule has 2 amide bonds. The lowest BCUT2D eigenvalue weighted by Gasteiger charge is -2.34. The van der Waals surface area contributed by atoms with E-state index in [9.17, 15) is 9.59 Å². The Morgan fingerprint density at radius 1 is 1.07 bits per heavy atom. The second-order valence-electron chi connectivity index (χ2n) is 7.30. The fourth-order valence-corrected chi connectivity index (χ4v) is 3.69. The summed E-state index contributed by atoms with van der Waals surface area (Å²) in [5.74, 6) is 0.248. The number of pyridine rings is 1. The van der Waals surface area contributed by atoms with Crippen LogP contribution in [0.3, 0.4) is 0 Å². The van der Waals surface area contributed by atoms with Crippen molar-refractivity contribution in [1.29, 1.82) is 0 Å². The Morgan fingerprint density at radius 2 is 1.90 bits per heavy atom. The molecule has 1 aliphatic rings. The third kappa shape index (κ3) is 4.20. The van der Waals surface area contributed by atoms with E-state index in [4.69, 9.17) is 0 Å². The Bertz CT molecular complexity index is 1040. The summed E-state index contributed by atoms with van der Waals surface area (Å²) in [7, 11) is 0. The molecule has 3 heterocycles. The number of piperidine rings is 1. The smallest absolute Gasteiger partial charge is 0.259 e. The molecule has 2 aromatic heterocycles. The number of rotatable bonds is 4. The van der Waals surface area contributed by atoms with E-state index in [1.807, 2.05) is 35.2 Å². The van der Waals surface area contributed by atoms with Crippen LogP contribution < -0.4 is 5.32 Å². The minimum absolute atomic E-state index is 0.0695. The summed E-state index contributed by atoms with van der Waals surface area (Å²) >= 11 is 0. The average Bonchev–Trinajstić information content (AvgIpc) is 2.79.